The molecule has 0 saturated carbocycles. The van der Waals surface area contributed by atoms with E-state index >= 15 is 0 Å². The molecule has 2 heterocycles. The zero-order valence-corrected chi connectivity index (χ0v) is 17.3. The maximum atomic E-state index is 5.06. The van der Waals surface area contributed by atoms with Gasteiger partial charge in [0.1, 0.15) is 5.65 Å². The predicted octanol–water partition coefficient (Wildman–Crippen LogP) is 6.97. The van der Waals surface area contributed by atoms with Crippen molar-refractivity contribution in [1.29, 1.82) is 0 Å². The number of benzene rings is 2. The highest BCUT2D eigenvalue weighted by Gasteiger charge is 2.23. The second-order valence-corrected chi connectivity index (χ2v) is 8.73. The van der Waals surface area contributed by atoms with E-state index in [0.717, 1.165) is 30.4 Å². The molecule has 0 aliphatic heterocycles. The van der Waals surface area contributed by atoms with Gasteiger partial charge in [0.05, 0.1) is 16.6 Å². The smallest absolute Gasteiger partial charge is 0.142 e. The average molecular weight is 399 g/mol. The van der Waals surface area contributed by atoms with Gasteiger partial charge in [0.25, 0.3) is 0 Å². The van der Waals surface area contributed by atoms with E-state index in [1.54, 1.807) is 0 Å². The third-order valence-corrected chi connectivity index (χ3v) is 7.00. The molecular formula is C29H22N2. The van der Waals surface area contributed by atoms with Gasteiger partial charge in [0.15, 0.2) is 0 Å². The van der Waals surface area contributed by atoms with E-state index in [2.05, 4.69) is 95.5 Å². The summed E-state index contributed by atoms with van der Waals surface area (Å²) in [6, 6.07) is 17.2. The third kappa shape index (κ3) is 2.48. The maximum Gasteiger partial charge on any atom is 0.142 e. The van der Waals surface area contributed by atoms with Crippen molar-refractivity contribution in [2.45, 2.75) is 19.3 Å². The molecule has 2 aromatic heterocycles. The number of rotatable bonds is 1. The fourth-order valence-electron chi connectivity index (χ4n) is 5.45. The highest BCUT2D eigenvalue weighted by Crippen LogP contribution is 2.39. The van der Waals surface area contributed by atoms with Gasteiger partial charge in [-0.05, 0) is 59.7 Å². The van der Waals surface area contributed by atoms with Gasteiger partial charge in [-0.1, -0.05) is 72.9 Å². The minimum absolute atomic E-state index is 0.544. The van der Waals surface area contributed by atoms with Gasteiger partial charge >= 0.3 is 0 Å². The van der Waals surface area contributed by atoms with Gasteiger partial charge in [0, 0.05) is 16.9 Å². The summed E-state index contributed by atoms with van der Waals surface area (Å²) in [5.41, 5.74) is 11.5. The molecule has 2 aromatic carbocycles. The SMILES string of the molecule is C1=CCC2C=CC(C3=Cc4c(c5nc6ccccc6n5c5ccccc45)CC3)=CC2=C1. The Balaban J connectivity index is 1.49. The quantitative estimate of drug-likeness (QED) is 0.338. The van der Waals surface area contributed by atoms with Gasteiger partial charge in [-0.3, -0.25) is 4.40 Å². The van der Waals surface area contributed by atoms with Crippen molar-refractivity contribution in [2.75, 3.05) is 0 Å². The molecule has 148 valence electrons. The zero-order valence-electron chi connectivity index (χ0n) is 17.3. The summed E-state index contributed by atoms with van der Waals surface area (Å²) in [5.74, 6) is 0.544. The van der Waals surface area contributed by atoms with Gasteiger partial charge in [0.2, 0.25) is 0 Å². The van der Waals surface area contributed by atoms with Crippen LogP contribution in [0.2, 0.25) is 0 Å². The van der Waals surface area contributed by atoms with Crippen molar-refractivity contribution in [2.24, 2.45) is 5.92 Å². The Morgan fingerprint density at radius 3 is 2.74 bits per heavy atom. The lowest BCUT2D eigenvalue weighted by Crippen LogP contribution is -2.09. The molecule has 0 saturated heterocycles. The normalized spacial score (nSPS) is 19.9. The van der Waals surface area contributed by atoms with Gasteiger partial charge in [-0.25, -0.2) is 4.98 Å². The van der Waals surface area contributed by atoms with Crippen LogP contribution in [0.5, 0.6) is 0 Å². The van der Waals surface area contributed by atoms with Crippen LogP contribution < -0.4 is 0 Å². The molecular weight excluding hydrogens is 376 g/mol. The second-order valence-electron chi connectivity index (χ2n) is 8.73. The Morgan fingerprint density at radius 2 is 1.77 bits per heavy atom. The molecule has 0 spiro atoms. The molecule has 0 bridgehead atoms. The van der Waals surface area contributed by atoms with Crippen LogP contribution in [-0.4, -0.2) is 9.38 Å². The second kappa shape index (κ2) is 6.42. The van der Waals surface area contributed by atoms with E-state index in [4.69, 9.17) is 4.98 Å². The van der Waals surface area contributed by atoms with Crippen molar-refractivity contribution in [3.05, 3.63) is 113 Å². The summed E-state index contributed by atoms with van der Waals surface area (Å²) in [6.07, 6.45) is 19.4. The number of aryl methyl sites for hydroxylation is 1. The first-order chi connectivity index (χ1) is 15.4. The molecule has 1 unspecified atom stereocenters. The lowest BCUT2D eigenvalue weighted by atomic mass is 9.81. The van der Waals surface area contributed by atoms with Crippen LogP contribution in [0.1, 0.15) is 24.0 Å². The van der Waals surface area contributed by atoms with Crippen molar-refractivity contribution in [3.8, 4) is 0 Å². The Morgan fingerprint density at radius 1 is 0.903 bits per heavy atom. The average Bonchev–Trinajstić information content (AvgIpc) is 3.23. The fourth-order valence-corrected chi connectivity index (χ4v) is 5.45. The summed E-state index contributed by atoms with van der Waals surface area (Å²) in [4.78, 5) is 5.06. The Hall–Kier alpha value is -3.65. The van der Waals surface area contributed by atoms with Crippen LogP contribution in [-0.2, 0) is 6.42 Å². The van der Waals surface area contributed by atoms with Crippen LogP contribution in [0.3, 0.4) is 0 Å². The van der Waals surface area contributed by atoms with Crippen LogP contribution in [0, 0.1) is 5.92 Å². The first-order valence-corrected chi connectivity index (χ1v) is 11.2. The molecule has 0 fully saturated rings. The van der Waals surface area contributed by atoms with Crippen molar-refractivity contribution >= 4 is 33.7 Å². The summed E-state index contributed by atoms with van der Waals surface area (Å²) in [7, 11) is 0. The molecule has 1 atom stereocenters. The van der Waals surface area contributed by atoms with Gasteiger partial charge < -0.3 is 0 Å². The maximum absolute atomic E-state index is 5.06. The summed E-state index contributed by atoms with van der Waals surface area (Å²) < 4.78 is 2.35. The molecule has 0 amide bonds. The molecule has 2 nitrogen and oxygen atoms in total. The van der Waals surface area contributed by atoms with E-state index in [9.17, 15) is 0 Å². The number of allylic oxidation sites excluding steroid dienone is 9. The minimum Gasteiger partial charge on any atom is -0.292 e. The van der Waals surface area contributed by atoms with Gasteiger partial charge in [-0.15, -0.1) is 0 Å². The number of fused-ring (bicyclic) bond motifs is 9. The monoisotopic (exact) mass is 398 g/mol. The largest absolute Gasteiger partial charge is 0.292 e. The lowest BCUT2D eigenvalue weighted by molar-refractivity contribution is 0.775. The standard InChI is InChI=1S/C29H22N2/c1-2-8-20-17-21(14-13-19(20)7-1)22-15-16-24-25(18-22)23-9-3-5-11-27(23)31-28-12-6-4-10-26(28)30-29(24)31/h1-6,8-14,17-19H,7,15-16H2. The van der Waals surface area contributed by atoms with Crippen LogP contribution in [0.15, 0.2) is 102 Å². The van der Waals surface area contributed by atoms with E-state index in [0.29, 0.717) is 5.92 Å². The Labute approximate surface area is 181 Å². The fraction of sp³-hybridized carbons (Fsp3) is 0.138. The number of nitrogens with zero attached hydrogens (tertiary/aromatic N) is 2. The molecule has 2 heteroatoms. The molecule has 0 N–H and O–H groups in total. The predicted molar refractivity (Wildman–Crippen MR) is 129 cm³/mol. The van der Waals surface area contributed by atoms with Crippen molar-refractivity contribution in [1.82, 2.24) is 9.38 Å². The first-order valence-electron chi connectivity index (χ1n) is 11.2. The summed E-state index contributed by atoms with van der Waals surface area (Å²) in [5, 5.41) is 1.31. The van der Waals surface area contributed by atoms with E-state index < -0.39 is 0 Å². The molecule has 3 aliphatic rings. The number of hydrogen-bond donors (Lipinski definition) is 0. The van der Waals surface area contributed by atoms with Crippen molar-refractivity contribution in [3.63, 3.8) is 0 Å². The van der Waals surface area contributed by atoms with Crippen LogP contribution in [0.25, 0.3) is 33.7 Å². The van der Waals surface area contributed by atoms with Crippen molar-refractivity contribution < 1.29 is 0 Å². The van der Waals surface area contributed by atoms with E-state index in [1.165, 1.54) is 44.3 Å². The zero-order chi connectivity index (χ0) is 20.4. The number of aromatic nitrogens is 2. The number of imidazole rings is 1. The molecule has 3 aliphatic carbocycles. The van der Waals surface area contributed by atoms with Crippen LogP contribution >= 0.6 is 0 Å². The van der Waals surface area contributed by atoms with Gasteiger partial charge in [-0.2, -0.15) is 0 Å². The lowest BCUT2D eigenvalue weighted by Gasteiger charge is -2.25. The highest BCUT2D eigenvalue weighted by molar-refractivity contribution is 5.98. The molecule has 31 heavy (non-hydrogen) atoms. The number of para-hydroxylation sites is 3. The molecule has 7 rings (SSSR count). The minimum atomic E-state index is 0.544. The first kappa shape index (κ1) is 17.1. The molecule has 0 radical (unpaired) electrons. The summed E-state index contributed by atoms with van der Waals surface area (Å²) >= 11 is 0. The van der Waals surface area contributed by atoms with E-state index in [-0.39, 0.29) is 0 Å². The summed E-state index contributed by atoms with van der Waals surface area (Å²) in [6.45, 7) is 0. The third-order valence-electron chi connectivity index (χ3n) is 7.00. The Kier molecular flexibility index (Phi) is 3.54. The van der Waals surface area contributed by atoms with E-state index in [1.807, 2.05) is 0 Å². The Bertz CT molecular complexity index is 1550. The number of hydrogen-bond acceptors (Lipinski definition) is 1. The van der Waals surface area contributed by atoms with Crippen LogP contribution in [0.4, 0.5) is 0 Å². The highest BCUT2D eigenvalue weighted by atomic mass is 15.0. The topological polar surface area (TPSA) is 17.3 Å². The number of pyridine rings is 1. The molecule has 4 aromatic rings.